The van der Waals surface area contributed by atoms with Crippen molar-refractivity contribution in [3.63, 3.8) is 0 Å². The van der Waals surface area contributed by atoms with Crippen molar-refractivity contribution >= 4 is 5.69 Å². The molecule has 0 bridgehead atoms. The Morgan fingerprint density at radius 2 is 2.19 bits per heavy atom. The highest BCUT2D eigenvalue weighted by Crippen LogP contribution is 2.36. The molecule has 1 aromatic carbocycles. The molecule has 1 atom stereocenters. The number of nitro benzene ring substituents is 1. The van der Waals surface area contributed by atoms with Crippen LogP contribution in [-0.4, -0.2) is 24.6 Å². The van der Waals surface area contributed by atoms with Crippen molar-refractivity contribution in [2.75, 3.05) is 13.7 Å². The van der Waals surface area contributed by atoms with Crippen molar-refractivity contribution in [3.05, 3.63) is 33.9 Å². The molecule has 0 aliphatic rings. The number of nitro groups is 1. The minimum atomic E-state index is -4.67. The van der Waals surface area contributed by atoms with Gasteiger partial charge in [0.15, 0.2) is 5.75 Å². The fourth-order valence-corrected chi connectivity index (χ4v) is 1.52. The Hall–Kier alpha value is -2.34. The van der Waals surface area contributed by atoms with E-state index in [4.69, 9.17) is 10.00 Å². The number of hydrogen-bond donors (Lipinski definition) is 1. The highest BCUT2D eigenvalue weighted by molar-refractivity contribution is 5.49. The number of halogens is 3. The van der Waals surface area contributed by atoms with Gasteiger partial charge in [-0.05, 0) is 19.2 Å². The predicted molar refractivity (Wildman–Crippen MR) is 66.7 cm³/mol. The Labute approximate surface area is 118 Å². The van der Waals surface area contributed by atoms with Gasteiger partial charge in [-0.3, -0.25) is 10.1 Å². The zero-order valence-corrected chi connectivity index (χ0v) is 11.0. The van der Waals surface area contributed by atoms with Crippen molar-refractivity contribution < 1.29 is 22.8 Å². The average Bonchev–Trinajstić information content (AvgIpc) is 2.42. The maximum absolute atomic E-state index is 12.5. The molecule has 114 valence electrons. The molecule has 0 spiro atoms. The van der Waals surface area contributed by atoms with Crippen LogP contribution in [0.2, 0.25) is 0 Å². The van der Waals surface area contributed by atoms with Gasteiger partial charge in [0.2, 0.25) is 0 Å². The van der Waals surface area contributed by atoms with Crippen LogP contribution in [0, 0.1) is 21.4 Å². The molecule has 1 aromatic rings. The van der Waals surface area contributed by atoms with E-state index >= 15 is 0 Å². The first-order valence-electron chi connectivity index (χ1n) is 5.85. The summed E-state index contributed by atoms with van der Waals surface area (Å²) in [7, 11) is 1.56. The van der Waals surface area contributed by atoms with Gasteiger partial charge in [0.1, 0.15) is 0 Å². The molecule has 0 aliphatic heterocycles. The van der Waals surface area contributed by atoms with E-state index in [-0.39, 0.29) is 18.8 Å². The lowest BCUT2D eigenvalue weighted by molar-refractivity contribution is -0.386. The second-order valence-electron chi connectivity index (χ2n) is 4.04. The van der Waals surface area contributed by atoms with Gasteiger partial charge in [-0.25, -0.2) is 0 Å². The standard InChI is InChI=1S/C12H12F3N3O3/c1-17-9(7-16)4-5-21-11-3-2-8(12(13,14)15)6-10(11)18(19)20/h2-3,6,9,17H,4-5H2,1H3. The van der Waals surface area contributed by atoms with Crippen LogP contribution < -0.4 is 10.1 Å². The molecule has 0 heterocycles. The van der Waals surface area contributed by atoms with E-state index in [1.54, 1.807) is 7.05 Å². The fourth-order valence-electron chi connectivity index (χ4n) is 1.52. The van der Waals surface area contributed by atoms with E-state index in [1.807, 2.05) is 6.07 Å². The summed E-state index contributed by atoms with van der Waals surface area (Å²) >= 11 is 0. The molecule has 1 unspecified atom stereocenters. The number of rotatable bonds is 6. The lowest BCUT2D eigenvalue weighted by Gasteiger charge is -2.11. The van der Waals surface area contributed by atoms with Crippen LogP contribution in [0.3, 0.4) is 0 Å². The molecule has 21 heavy (non-hydrogen) atoms. The van der Waals surface area contributed by atoms with E-state index in [1.165, 1.54) is 0 Å². The number of hydrogen-bond acceptors (Lipinski definition) is 5. The van der Waals surface area contributed by atoms with Gasteiger partial charge in [0.25, 0.3) is 0 Å². The van der Waals surface area contributed by atoms with Crippen molar-refractivity contribution in [2.45, 2.75) is 18.6 Å². The molecule has 0 radical (unpaired) electrons. The van der Waals surface area contributed by atoms with Gasteiger partial charge in [0, 0.05) is 12.5 Å². The van der Waals surface area contributed by atoms with E-state index < -0.39 is 28.4 Å². The van der Waals surface area contributed by atoms with Crippen LogP contribution in [0.25, 0.3) is 0 Å². The SMILES string of the molecule is CNC(C#N)CCOc1ccc(C(F)(F)F)cc1[N+](=O)[O-]. The van der Waals surface area contributed by atoms with Gasteiger partial charge in [0.05, 0.1) is 29.2 Å². The van der Waals surface area contributed by atoms with Crippen LogP contribution >= 0.6 is 0 Å². The molecule has 0 amide bonds. The normalized spacial score (nSPS) is 12.5. The molecule has 0 fully saturated rings. The summed E-state index contributed by atoms with van der Waals surface area (Å²) in [6, 6.07) is 3.47. The van der Waals surface area contributed by atoms with Crippen molar-refractivity contribution in [1.82, 2.24) is 5.32 Å². The molecule has 1 rings (SSSR count). The van der Waals surface area contributed by atoms with Crippen molar-refractivity contribution in [2.24, 2.45) is 0 Å². The smallest absolute Gasteiger partial charge is 0.416 e. The number of ether oxygens (including phenoxy) is 1. The third-order valence-electron chi connectivity index (χ3n) is 2.65. The topological polar surface area (TPSA) is 88.2 Å². The highest BCUT2D eigenvalue weighted by atomic mass is 19.4. The van der Waals surface area contributed by atoms with Crippen LogP contribution in [0.1, 0.15) is 12.0 Å². The van der Waals surface area contributed by atoms with Crippen LogP contribution in [0.4, 0.5) is 18.9 Å². The molecule has 6 nitrogen and oxygen atoms in total. The lowest BCUT2D eigenvalue weighted by Crippen LogP contribution is -2.25. The Bertz CT molecular complexity index is 555. The van der Waals surface area contributed by atoms with Crippen LogP contribution in [0.15, 0.2) is 18.2 Å². The van der Waals surface area contributed by atoms with Crippen LogP contribution in [-0.2, 0) is 6.18 Å². The van der Waals surface area contributed by atoms with Gasteiger partial charge in [-0.15, -0.1) is 0 Å². The molecular formula is C12H12F3N3O3. The Balaban J connectivity index is 2.88. The second kappa shape index (κ2) is 6.90. The minimum absolute atomic E-state index is 0.0364. The summed E-state index contributed by atoms with van der Waals surface area (Å²) < 4.78 is 42.6. The van der Waals surface area contributed by atoms with E-state index in [9.17, 15) is 23.3 Å². The number of nitriles is 1. The second-order valence-corrected chi connectivity index (χ2v) is 4.04. The molecule has 0 aliphatic carbocycles. The van der Waals surface area contributed by atoms with E-state index in [2.05, 4.69) is 5.32 Å². The number of nitrogens with one attached hydrogen (secondary N) is 1. The van der Waals surface area contributed by atoms with Gasteiger partial charge >= 0.3 is 11.9 Å². The molecule has 9 heteroatoms. The average molecular weight is 303 g/mol. The maximum atomic E-state index is 12.5. The first-order valence-corrected chi connectivity index (χ1v) is 5.85. The third-order valence-corrected chi connectivity index (χ3v) is 2.65. The molecular weight excluding hydrogens is 291 g/mol. The summed E-state index contributed by atoms with van der Waals surface area (Å²) in [6.45, 7) is -0.0364. The van der Waals surface area contributed by atoms with Crippen molar-refractivity contribution in [3.8, 4) is 11.8 Å². The van der Waals surface area contributed by atoms with Crippen molar-refractivity contribution in [1.29, 1.82) is 5.26 Å². The largest absolute Gasteiger partial charge is 0.487 e. The Morgan fingerprint density at radius 1 is 1.52 bits per heavy atom. The maximum Gasteiger partial charge on any atom is 0.416 e. The summed E-state index contributed by atoms with van der Waals surface area (Å²) in [5.41, 5.74) is -1.88. The van der Waals surface area contributed by atoms with Gasteiger partial charge < -0.3 is 10.1 Å². The Kier molecular flexibility index (Phi) is 5.49. The zero-order valence-electron chi connectivity index (χ0n) is 11.0. The first-order chi connectivity index (χ1) is 9.79. The quantitative estimate of drug-likeness (QED) is 0.644. The highest BCUT2D eigenvalue weighted by Gasteiger charge is 2.33. The minimum Gasteiger partial charge on any atom is -0.487 e. The predicted octanol–water partition coefficient (Wildman–Crippen LogP) is 2.49. The molecule has 0 aromatic heterocycles. The number of benzene rings is 1. The van der Waals surface area contributed by atoms with Crippen LogP contribution in [0.5, 0.6) is 5.75 Å². The Morgan fingerprint density at radius 3 is 2.67 bits per heavy atom. The monoisotopic (exact) mass is 303 g/mol. The first kappa shape index (κ1) is 16.7. The summed E-state index contributed by atoms with van der Waals surface area (Å²) in [4.78, 5) is 9.86. The lowest BCUT2D eigenvalue weighted by atomic mass is 10.2. The summed E-state index contributed by atoms with van der Waals surface area (Å²) in [6.07, 6.45) is -4.42. The number of nitrogens with zero attached hydrogens (tertiary/aromatic N) is 2. The van der Waals surface area contributed by atoms with Gasteiger partial charge in [-0.2, -0.15) is 18.4 Å². The van der Waals surface area contributed by atoms with Gasteiger partial charge in [-0.1, -0.05) is 0 Å². The van der Waals surface area contributed by atoms with E-state index in [0.717, 1.165) is 6.07 Å². The van der Waals surface area contributed by atoms with E-state index in [0.29, 0.717) is 12.1 Å². The fraction of sp³-hybridized carbons (Fsp3) is 0.417. The molecule has 0 saturated carbocycles. The summed E-state index contributed by atoms with van der Waals surface area (Å²) in [5.74, 6) is -0.263. The molecule has 0 saturated heterocycles. The number of alkyl halides is 3. The zero-order chi connectivity index (χ0) is 16.0. The summed E-state index contributed by atoms with van der Waals surface area (Å²) in [5, 5.41) is 22.2. The third kappa shape index (κ3) is 4.61. The molecule has 1 N–H and O–H groups in total.